The third-order valence-corrected chi connectivity index (χ3v) is 13.1. The number of piperazine rings is 1. The first-order chi connectivity index (χ1) is 28.3. The van der Waals surface area contributed by atoms with Crippen molar-refractivity contribution in [3.63, 3.8) is 0 Å². The smallest absolute Gasteiger partial charge is 0.255 e. The van der Waals surface area contributed by atoms with Gasteiger partial charge < -0.3 is 24.5 Å². The first-order valence-corrected chi connectivity index (χ1v) is 20.9. The summed E-state index contributed by atoms with van der Waals surface area (Å²) in [5.74, 6) is 1.13. The molecule has 0 bridgehead atoms. The molecular formula is C47H51N5O6. The van der Waals surface area contributed by atoms with E-state index in [1.54, 1.807) is 4.90 Å². The third kappa shape index (κ3) is 7.67. The molecule has 1 aliphatic carbocycles. The Bertz CT molecular complexity index is 2180. The Balaban J connectivity index is 0.729. The van der Waals surface area contributed by atoms with E-state index in [9.17, 15) is 24.3 Å². The lowest BCUT2D eigenvalue weighted by Gasteiger charge is -2.39. The zero-order chi connectivity index (χ0) is 39.8. The van der Waals surface area contributed by atoms with E-state index in [0.717, 1.165) is 88.5 Å². The van der Waals surface area contributed by atoms with Crippen molar-refractivity contribution in [1.82, 2.24) is 20.0 Å². The van der Waals surface area contributed by atoms with Crippen molar-refractivity contribution in [3.05, 3.63) is 124 Å². The van der Waals surface area contributed by atoms with E-state index in [2.05, 4.69) is 75.8 Å². The predicted octanol–water partition coefficient (Wildman–Crippen LogP) is 5.45. The molecule has 1 unspecified atom stereocenters. The minimum atomic E-state index is -0.625. The number of fused-ring (bicyclic) bond motifs is 2. The van der Waals surface area contributed by atoms with Crippen LogP contribution in [0.15, 0.2) is 91.0 Å². The van der Waals surface area contributed by atoms with E-state index in [-0.39, 0.29) is 36.0 Å². The molecule has 2 N–H and O–H groups in total. The maximum Gasteiger partial charge on any atom is 0.255 e. The van der Waals surface area contributed by atoms with E-state index >= 15 is 0 Å². The fourth-order valence-corrected chi connectivity index (χ4v) is 9.93. The average Bonchev–Trinajstić information content (AvgIpc) is 3.58. The number of rotatable bonds is 9. The van der Waals surface area contributed by atoms with Crippen LogP contribution in [-0.4, -0.2) is 102 Å². The fourth-order valence-electron chi connectivity index (χ4n) is 9.93. The molecule has 3 saturated heterocycles. The van der Waals surface area contributed by atoms with E-state index in [4.69, 9.17) is 4.74 Å². The minimum Gasteiger partial charge on any atom is -0.508 e. The molecule has 3 atom stereocenters. The van der Waals surface area contributed by atoms with Crippen LogP contribution in [0.1, 0.15) is 82.1 Å². The second-order valence-corrected chi connectivity index (χ2v) is 16.5. The summed E-state index contributed by atoms with van der Waals surface area (Å²) in [6.45, 7) is 6.37. The van der Waals surface area contributed by atoms with Gasteiger partial charge in [-0.05, 0) is 108 Å². The number of amides is 4. The normalized spacial score (nSPS) is 22.7. The lowest BCUT2D eigenvalue weighted by molar-refractivity contribution is -0.138. The molecule has 300 valence electrons. The predicted molar refractivity (Wildman–Crippen MR) is 220 cm³/mol. The van der Waals surface area contributed by atoms with Crippen molar-refractivity contribution in [2.75, 3.05) is 57.3 Å². The van der Waals surface area contributed by atoms with E-state index < -0.39 is 11.9 Å². The quantitative estimate of drug-likeness (QED) is 0.215. The molecule has 4 aromatic rings. The van der Waals surface area contributed by atoms with Crippen LogP contribution in [0.2, 0.25) is 0 Å². The van der Waals surface area contributed by atoms with Crippen molar-refractivity contribution < 1.29 is 29.0 Å². The standard InChI is InChI=1S/C47H51N5O6/c53-37-10-15-40-34(29-37)8-13-39(31-4-2-1-3-5-31)44(40)32-6-11-38(12-7-32)58-27-26-49-22-24-51(25-23-49)46(56)33-18-20-50(21-19-33)36-9-14-41-35(28-36)30-52(47(41)57)42-16-17-43(54)48-45(42)55/h1-7,9-12,14-15,28-29,33,39,42,44,53H,8,13,16-27,30H2,(H,48,54,55)/t39-,42?,44+/m1/s1. The molecule has 4 aromatic carbocycles. The maximum absolute atomic E-state index is 13.6. The molecular weight excluding hydrogens is 731 g/mol. The van der Waals surface area contributed by atoms with Gasteiger partial charge in [-0.2, -0.15) is 0 Å². The molecule has 11 nitrogen and oxygen atoms in total. The van der Waals surface area contributed by atoms with Gasteiger partial charge in [0, 0.05) is 81.9 Å². The number of aromatic hydroxyl groups is 1. The number of piperidine rings is 2. The van der Waals surface area contributed by atoms with Crippen LogP contribution in [0.3, 0.4) is 0 Å². The summed E-state index contributed by atoms with van der Waals surface area (Å²) in [5.41, 5.74) is 7.64. The van der Waals surface area contributed by atoms with Gasteiger partial charge in [0.1, 0.15) is 24.1 Å². The summed E-state index contributed by atoms with van der Waals surface area (Å²) in [7, 11) is 0. The fraction of sp³-hybridized carbons (Fsp3) is 0.404. The molecule has 58 heavy (non-hydrogen) atoms. The zero-order valence-corrected chi connectivity index (χ0v) is 32.9. The van der Waals surface area contributed by atoms with Gasteiger partial charge in [0.05, 0.1) is 0 Å². The summed E-state index contributed by atoms with van der Waals surface area (Å²) in [5, 5.41) is 12.5. The highest BCUT2D eigenvalue weighted by atomic mass is 16.5. The number of nitrogens with zero attached hydrogens (tertiary/aromatic N) is 4. The number of ether oxygens (including phenoxy) is 1. The molecule has 4 aliphatic heterocycles. The van der Waals surface area contributed by atoms with Crippen LogP contribution in [0.25, 0.3) is 0 Å². The van der Waals surface area contributed by atoms with E-state index in [0.29, 0.717) is 36.8 Å². The van der Waals surface area contributed by atoms with Crippen molar-refractivity contribution in [3.8, 4) is 11.5 Å². The number of nitrogens with one attached hydrogen (secondary N) is 1. The summed E-state index contributed by atoms with van der Waals surface area (Å²) in [6.07, 6.45) is 4.13. The topological polar surface area (TPSA) is 123 Å². The van der Waals surface area contributed by atoms with Gasteiger partial charge in [-0.25, -0.2) is 0 Å². The highest BCUT2D eigenvalue weighted by Crippen LogP contribution is 2.47. The van der Waals surface area contributed by atoms with Crippen LogP contribution in [0, 0.1) is 5.92 Å². The second kappa shape index (κ2) is 16.3. The number of aryl methyl sites for hydroxylation is 1. The molecule has 4 heterocycles. The number of phenolic OH excluding ortho intramolecular Hbond substituents is 1. The highest BCUT2D eigenvalue weighted by Gasteiger charge is 2.40. The molecule has 11 heteroatoms. The van der Waals surface area contributed by atoms with E-state index in [1.165, 1.54) is 22.3 Å². The number of phenols is 1. The molecule has 0 saturated carbocycles. The Morgan fingerprint density at radius 2 is 1.53 bits per heavy atom. The van der Waals surface area contributed by atoms with Gasteiger partial charge in [-0.15, -0.1) is 0 Å². The lowest BCUT2D eigenvalue weighted by Crippen LogP contribution is -2.52. The molecule has 0 spiro atoms. The largest absolute Gasteiger partial charge is 0.508 e. The summed E-state index contributed by atoms with van der Waals surface area (Å²) in [4.78, 5) is 59.1. The Morgan fingerprint density at radius 1 is 0.759 bits per heavy atom. The molecule has 3 fully saturated rings. The van der Waals surface area contributed by atoms with Gasteiger partial charge in [0.2, 0.25) is 17.7 Å². The summed E-state index contributed by atoms with van der Waals surface area (Å²) >= 11 is 0. The molecule has 0 aromatic heterocycles. The van der Waals surface area contributed by atoms with Crippen LogP contribution in [0.5, 0.6) is 11.5 Å². The van der Waals surface area contributed by atoms with Crippen LogP contribution >= 0.6 is 0 Å². The van der Waals surface area contributed by atoms with Gasteiger partial charge in [0.25, 0.3) is 5.91 Å². The number of hydrogen-bond acceptors (Lipinski definition) is 8. The first-order valence-electron chi connectivity index (χ1n) is 20.9. The summed E-state index contributed by atoms with van der Waals surface area (Å²) in [6, 6.07) is 30.4. The molecule has 9 rings (SSSR count). The number of carbonyl (C=O) groups is 4. The zero-order valence-electron chi connectivity index (χ0n) is 32.9. The third-order valence-electron chi connectivity index (χ3n) is 13.1. The van der Waals surface area contributed by atoms with Crippen molar-refractivity contribution >= 4 is 29.3 Å². The van der Waals surface area contributed by atoms with E-state index in [1.807, 2.05) is 35.2 Å². The van der Waals surface area contributed by atoms with Crippen LogP contribution in [-0.2, 0) is 27.3 Å². The highest BCUT2D eigenvalue weighted by molar-refractivity contribution is 6.05. The maximum atomic E-state index is 13.6. The van der Waals surface area contributed by atoms with Gasteiger partial charge in [0.15, 0.2) is 0 Å². The van der Waals surface area contributed by atoms with Crippen LogP contribution < -0.4 is 15.0 Å². The Morgan fingerprint density at radius 3 is 2.29 bits per heavy atom. The van der Waals surface area contributed by atoms with Gasteiger partial charge in [-0.1, -0.05) is 48.5 Å². The number of carbonyl (C=O) groups excluding carboxylic acids is 4. The monoisotopic (exact) mass is 781 g/mol. The average molecular weight is 782 g/mol. The Kier molecular flexibility index (Phi) is 10.6. The second-order valence-electron chi connectivity index (χ2n) is 16.5. The lowest BCUT2D eigenvalue weighted by atomic mass is 9.69. The van der Waals surface area contributed by atoms with Crippen molar-refractivity contribution in [2.45, 2.75) is 62.9 Å². The first kappa shape index (κ1) is 37.9. The Hall–Kier alpha value is -5.68. The number of benzene rings is 4. The molecule has 4 amide bonds. The number of anilines is 1. The minimum absolute atomic E-state index is 0.00494. The SMILES string of the molecule is O=C1CCC(N2Cc3cc(N4CCC(C(=O)N5CCN(CCOc6ccc([C@@H]7c8ccc(O)cc8CC[C@@H]7c7ccccc7)cc6)CC5)CC4)ccc3C2=O)C(=O)N1. The Labute approximate surface area is 339 Å². The molecule has 0 radical (unpaired) electrons. The van der Waals surface area contributed by atoms with Gasteiger partial charge >= 0.3 is 0 Å². The van der Waals surface area contributed by atoms with Crippen LogP contribution in [0.4, 0.5) is 5.69 Å². The van der Waals surface area contributed by atoms with Gasteiger partial charge in [-0.3, -0.25) is 29.4 Å². The van der Waals surface area contributed by atoms with Crippen molar-refractivity contribution in [1.29, 1.82) is 0 Å². The number of hydrogen-bond donors (Lipinski definition) is 2. The molecule has 5 aliphatic rings. The number of imide groups is 1. The van der Waals surface area contributed by atoms with Crippen molar-refractivity contribution in [2.24, 2.45) is 5.92 Å². The summed E-state index contributed by atoms with van der Waals surface area (Å²) < 4.78 is 6.23.